The van der Waals surface area contributed by atoms with Gasteiger partial charge in [-0.2, -0.15) is 0 Å². The van der Waals surface area contributed by atoms with E-state index in [1.165, 1.54) is 0 Å². The summed E-state index contributed by atoms with van der Waals surface area (Å²) in [6.45, 7) is 6.95. The Morgan fingerprint density at radius 1 is 1.17 bits per heavy atom. The number of urea groups is 1. The summed E-state index contributed by atoms with van der Waals surface area (Å²) in [5.41, 5.74) is 0.874. The van der Waals surface area contributed by atoms with Gasteiger partial charge in [0.15, 0.2) is 0 Å². The van der Waals surface area contributed by atoms with Gasteiger partial charge in [0.2, 0.25) is 5.91 Å². The number of fused-ring (bicyclic) bond motifs is 1. The van der Waals surface area contributed by atoms with Crippen LogP contribution in [0, 0.1) is 5.92 Å². The van der Waals surface area contributed by atoms with Gasteiger partial charge >= 0.3 is 6.03 Å². The molecule has 0 unspecified atom stereocenters. The maximum absolute atomic E-state index is 13.4. The van der Waals surface area contributed by atoms with Crippen LogP contribution in [-0.2, 0) is 9.53 Å². The van der Waals surface area contributed by atoms with Gasteiger partial charge in [-0.25, -0.2) is 4.79 Å². The highest BCUT2D eigenvalue weighted by Gasteiger charge is 2.30. The van der Waals surface area contributed by atoms with Crippen LogP contribution in [0.25, 0.3) is 0 Å². The Hall–Kier alpha value is -2.81. The highest BCUT2D eigenvalue weighted by Crippen LogP contribution is 2.27. The first-order valence-corrected chi connectivity index (χ1v) is 12.7. The molecule has 0 radical (unpaired) electrons. The van der Waals surface area contributed by atoms with Crippen molar-refractivity contribution in [3.05, 3.63) is 23.8 Å². The summed E-state index contributed by atoms with van der Waals surface area (Å²) >= 11 is 0. The molecule has 2 N–H and O–H groups in total. The van der Waals surface area contributed by atoms with Crippen LogP contribution in [0.1, 0.15) is 63.2 Å². The largest absolute Gasteiger partial charge is 0.491 e. The van der Waals surface area contributed by atoms with Crippen molar-refractivity contribution in [3.8, 4) is 5.75 Å². The van der Waals surface area contributed by atoms with E-state index in [1.807, 2.05) is 25.7 Å². The second-order valence-corrected chi connectivity index (χ2v) is 9.79. The van der Waals surface area contributed by atoms with Crippen molar-refractivity contribution >= 4 is 23.5 Å². The maximum Gasteiger partial charge on any atom is 0.319 e. The molecule has 9 heteroatoms. The quantitative estimate of drug-likeness (QED) is 0.676. The topological polar surface area (TPSA) is 100 Å². The van der Waals surface area contributed by atoms with E-state index < -0.39 is 0 Å². The van der Waals surface area contributed by atoms with E-state index in [0.29, 0.717) is 36.5 Å². The molecule has 3 rings (SSSR count). The minimum Gasteiger partial charge on any atom is -0.491 e. The first-order chi connectivity index (χ1) is 16.7. The van der Waals surface area contributed by atoms with Crippen molar-refractivity contribution in [2.75, 3.05) is 39.2 Å². The Bertz CT molecular complexity index is 902. The van der Waals surface area contributed by atoms with Gasteiger partial charge in [0.05, 0.1) is 17.7 Å². The van der Waals surface area contributed by atoms with Crippen LogP contribution in [0.2, 0.25) is 0 Å². The molecule has 0 aromatic heterocycles. The lowest BCUT2D eigenvalue weighted by atomic mass is 10.0. The molecule has 1 aromatic carbocycles. The number of amides is 4. The van der Waals surface area contributed by atoms with Crippen molar-refractivity contribution in [1.29, 1.82) is 0 Å². The van der Waals surface area contributed by atoms with Crippen molar-refractivity contribution in [3.63, 3.8) is 0 Å². The first kappa shape index (κ1) is 26.8. The molecule has 0 bridgehead atoms. The zero-order valence-electron chi connectivity index (χ0n) is 21.6. The molecule has 1 aliphatic heterocycles. The van der Waals surface area contributed by atoms with Crippen LogP contribution < -0.4 is 15.4 Å². The van der Waals surface area contributed by atoms with E-state index in [9.17, 15) is 14.4 Å². The number of carbonyl (C=O) groups is 3. The Morgan fingerprint density at radius 3 is 2.54 bits per heavy atom. The second kappa shape index (κ2) is 12.2. The summed E-state index contributed by atoms with van der Waals surface area (Å²) in [5, 5.41) is 5.85. The van der Waals surface area contributed by atoms with Crippen LogP contribution in [0.5, 0.6) is 5.75 Å². The molecule has 9 nitrogen and oxygen atoms in total. The number of ether oxygens (including phenoxy) is 2. The Balaban J connectivity index is 1.87. The fraction of sp³-hybridized carbons (Fsp3) is 0.654. The molecule has 4 amide bonds. The zero-order valence-corrected chi connectivity index (χ0v) is 21.6. The number of likely N-dealkylation sites (N-methyl/N-ethyl adjacent to an activating group) is 1. The minimum atomic E-state index is -0.276. The Kier molecular flexibility index (Phi) is 9.37. The molecular weight excluding hydrogens is 448 g/mol. The van der Waals surface area contributed by atoms with Gasteiger partial charge in [0.1, 0.15) is 12.4 Å². The number of nitrogens with zero attached hydrogens (tertiary/aromatic N) is 2. The van der Waals surface area contributed by atoms with Crippen LogP contribution >= 0.6 is 0 Å². The molecule has 3 atom stereocenters. The van der Waals surface area contributed by atoms with Crippen LogP contribution in [0.15, 0.2) is 18.2 Å². The van der Waals surface area contributed by atoms with Crippen molar-refractivity contribution < 1.29 is 23.9 Å². The van der Waals surface area contributed by atoms with Gasteiger partial charge in [0.25, 0.3) is 5.91 Å². The lowest BCUT2D eigenvalue weighted by molar-refractivity contribution is -0.135. The van der Waals surface area contributed by atoms with E-state index in [1.54, 1.807) is 37.3 Å². The normalized spacial score (nSPS) is 24.1. The number of rotatable bonds is 4. The zero-order chi connectivity index (χ0) is 25.5. The third-order valence-electron chi connectivity index (χ3n) is 7.02. The predicted octanol–water partition coefficient (Wildman–Crippen LogP) is 3.49. The molecule has 1 aliphatic carbocycles. The van der Waals surface area contributed by atoms with E-state index in [4.69, 9.17) is 9.47 Å². The molecule has 0 saturated heterocycles. The smallest absolute Gasteiger partial charge is 0.319 e. The molecule has 1 fully saturated rings. The Labute approximate surface area is 208 Å². The van der Waals surface area contributed by atoms with Crippen LogP contribution in [0.3, 0.4) is 0 Å². The van der Waals surface area contributed by atoms with Gasteiger partial charge in [-0.1, -0.05) is 26.7 Å². The molecule has 1 saturated carbocycles. The van der Waals surface area contributed by atoms with Crippen molar-refractivity contribution in [2.45, 2.75) is 71.1 Å². The monoisotopic (exact) mass is 488 g/mol. The maximum atomic E-state index is 13.4. The third-order valence-corrected chi connectivity index (χ3v) is 7.02. The standard InChI is InChI=1S/C26H40N4O5/c1-6-24(31)30-14-17(2)23(34-5)15-29(4)25(32)21-13-20(11-12-22(21)35-16-18(30)3)28-26(33)27-19-9-7-8-10-19/h11-13,17-19,23H,6-10,14-16H2,1-5H3,(H2,27,28,33)/t17-,18+,23+/m0/s1. The van der Waals surface area contributed by atoms with Crippen LogP contribution in [0.4, 0.5) is 10.5 Å². The molecular formula is C26H40N4O5. The van der Waals surface area contributed by atoms with Gasteiger partial charge in [0, 0.05) is 51.3 Å². The van der Waals surface area contributed by atoms with Gasteiger partial charge in [-0.3, -0.25) is 9.59 Å². The number of anilines is 1. The van der Waals surface area contributed by atoms with Gasteiger partial charge < -0.3 is 29.9 Å². The molecule has 0 spiro atoms. The predicted molar refractivity (Wildman–Crippen MR) is 135 cm³/mol. The number of hydrogen-bond acceptors (Lipinski definition) is 5. The number of hydrogen-bond donors (Lipinski definition) is 2. The van der Waals surface area contributed by atoms with Crippen molar-refractivity contribution in [1.82, 2.24) is 15.1 Å². The van der Waals surface area contributed by atoms with E-state index >= 15 is 0 Å². The molecule has 2 aliphatic rings. The summed E-state index contributed by atoms with van der Waals surface area (Å²) < 4.78 is 11.8. The number of carbonyl (C=O) groups excluding carboxylic acids is 3. The molecule has 194 valence electrons. The fourth-order valence-electron chi connectivity index (χ4n) is 4.83. The SMILES string of the molecule is CCC(=O)N1C[C@H](C)[C@H](OC)CN(C)C(=O)c2cc(NC(=O)NC3CCCC3)ccc2OC[C@H]1C. The number of nitrogens with one attached hydrogen (secondary N) is 2. The lowest BCUT2D eigenvalue weighted by Gasteiger charge is -2.36. The summed E-state index contributed by atoms with van der Waals surface area (Å²) in [6.07, 6.45) is 4.39. The molecule has 1 heterocycles. The Morgan fingerprint density at radius 2 is 1.89 bits per heavy atom. The highest BCUT2D eigenvalue weighted by atomic mass is 16.5. The summed E-state index contributed by atoms with van der Waals surface area (Å²) in [5.74, 6) is 0.266. The van der Waals surface area contributed by atoms with Gasteiger partial charge in [-0.05, 0) is 38.0 Å². The number of methoxy groups -OCH3 is 1. The number of benzene rings is 1. The minimum absolute atomic E-state index is 0.0133. The summed E-state index contributed by atoms with van der Waals surface area (Å²) in [6, 6.07) is 4.82. The van der Waals surface area contributed by atoms with E-state index in [0.717, 1.165) is 25.7 Å². The average Bonchev–Trinajstić information content (AvgIpc) is 3.35. The summed E-state index contributed by atoms with van der Waals surface area (Å²) in [4.78, 5) is 42.0. The highest BCUT2D eigenvalue weighted by molar-refractivity contribution is 5.99. The summed E-state index contributed by atoms with van der Waals surface area (Å²) in [7, 11) is 3.35. The van der Waals surface area contributed by atoms with Gasteiger partial charge in [-0.15, -0.1) is 0 Å². The fourth-order valence-corrected chi connectivity index (χ4v) is 4.83. The van der Waals surface area contributed by atoms with E-state index in [2.05, 4.69) is 10.6 Å². The van der Waals surface area contributed by atoms with E-state index in [-0.39, 0.29) is 48.6 Å². The average molecular weight is 489 g/mol. The first-order valence-electron chi connectivity index (χ1n) is 12.7. The molecule has 1 aromatic rings. The third kappa shape index (κ3) is 6.87. The second-order valence-electron chi connectivity index (χ2n) is 9.79. The molecule has 35 heavy (non-hydrogen) atoms. The van der Waals surface area contributed by atoms with Crippen molar-refractivity contribution in [2.24, 2.45) is 5.92 Å². The van der Waals surface area contributed by atoms with Crippen LogP contribution in [-0.4, -0.2) is 79.7 Å². The lowest BCUT2D eigenvalue weighted by Crippen LogP contribution is -2.48.